The Labute approximate surface area is 122 Å². The minimum Gasteiger partial charge on any atom is -0.481 e. The highest BCUT2D eigenvalue weighted by molar-refractivity contribution is 5.35. The molecule has 1 unspecified atom stereocenters. The van der Waals surface area contributed by atoms with Crippen molar-refractivity contribution in [2.24, 2.45) is 12.8 Å². The van der Waals surface area contributed by atoms with Crippen molar-refractivity contribution < 1.29 is 4.74 Å². The Kier molecular flexibility index (Phi) is 5.05. The van der Waals surface area contributed by atoms with Crippen LogP contribution >= 0.6 is 0 Å². The van der Waals surface area contributed by atoms with E-state index in [9.17, 15) is 0 Å². The van der Waals surface area contributed by atoms with Gasteiger partial charge < -0.3 is 10.5 Å². The summed E-state index contributed by atoms with van der Waals surface area (Å²) >= 11 is 0. The molecule has 2 N–H and O–H groups in total. The third-order valence-electron chi connectivity index (χ3n) is 4.15. The zero-order valence-corrected chi connectivity index (χ0v) is 13.2. The fourth-order valence-corrected chi connectivity index (χ4v) is 3.04. The van der Waals surface area contributed by atoms with Crippen LogP contribution in [0.25, 0.3) is 0 Å². The van der Waals surface area contributed by atoms with E-state index in [1.165, 1.54) is 31.2 Å². The molecular weight excluding hydrogens is 252 g/mol. The Morgan fingerprint density at radius 3 is 2.70 bits per heavy atom. The minimum absolute atomic E-state index is 0.220. The minimum atomic E-state index is 0.220. The first kappa shape index (κ1) is 15.3. The average Bonchev–Trinajstić information content (AvgIpc) is 3.21. The van der Waals surface area contributed by atoms with Gasteiger partial charge in [-0.2, -0.15) is 5.10 Å². The number of unbranched alkanes of at least 4 members (excludes halogenated alkanes) is 1. The summed E-state index contributed by atoms with van der Waals surface area (Å²) in [4.78, 5) is 2.57. The molecule has 114 valence electrons. The number of methoxy groups -OCH3 is 1. The van der Waals surface area contributed by atoms with Gasteiger partial charge in [0.1, 0.15) is 0 Å². The average molecular weight is 280 g/mol. The molecule has 1 heterocycles. The highest BCUT2D eigenvalue weighted by atomic mass is 16.5. The van der Waals surface area contributed by atoms with Gasteiger partial charge in [-0.3, -0.25) is 4.90 Å². The number of hydrogen-bond donors (Lipinski definition) is 1. The molecule has 1 saturated carbocycles. The van der Waals surface area contributed by atoms with E-state index < -0.39 is 0 Å². The van der Waals surface area contributed by atoms with E-state index in [4.69, 9.17) is 10.5 Å². The topological polar surface area (TPSA) is 56.3 Å². The van der Waals surface area contributed by atoms with Gasteiger partial charge >= 0.3 is 0 Å². The van der Waals surface area contributed by atoms with E-state index in [1.54, 1.807) is 7.11 Å². The van der Waals surface area contributed by atoms with Crippen molar-refractivity contribution in [1.82, 2.24) is 14.7 Å². The van der Waals surface area contributed by atoms with Crippen LogP contribution in [0.1, 0.15) is 49.9 Å². The normalized spacial score (nSPS) is 16.7. The van der Waals surface area contributed by atoms with Crippen LogP contribution in [0.2, 0.25) is 0 Å². The monoisotopic (exact) mass is 280 g/mol. The molecule has 1 aliphatic rings. The van der Waals surface area contributed by atoms with Gasteiger partial charge in [-0.05, 0) is 32.7 Å². The van der Waals surface area contributed by atoms with Crippen LogP contribution < -0.4 is 10.5 Å². The summed E-state index contributed by atoms with van der Waals surface area (Å²) in [5, 5.41) is 4.50. The summed E-state index contributed by atoms with van der Waals surface area (Å²) in [6.07, 6.45) is 5.02. The van der Waals surface area contributed by atoms with Gasteiger partial charge in [0.25, 0.3) is 0 Å². The van der Waals surface area contributed by atoms with E-state index in [-0.39, 0.29) is 6.04 Å². The lowest BCUT2D eigenvalue weighted by atomic mass is 10.0. The summed E-state index contributed by atoms with van der Waals surface area (Å²) < 4.78 is 7.37. The number of nitrogens with zero attached hydrogens (tertiary/aromatic N) is 3. The summed E-state index contributed by atoms with van der Waals surface area (Å²) in [5.41, 5.74) is 8.31. The molecule has 0 aromatic carbocycles. The molecule has 0 radical (unpaired) electrons. The first-order valence-electron chi connectivity index (χ1n) is 7.67. The maximum absolute atomic E-state index is 6.11. The van der Waals surface area contributed by atoms with E-state index >= 15 is 0 Å². The van der Waals surface area contributed by atoms with Gasteiger partial charge in [-0.1, -0.05) is 13.3 Å². The van der Waals surface area contributed by atoms with E-state index in [2.05, 4.69) is 16.9 Å². The van der Waals surface area contributed by atoms with E-state index in [0.29, 0.717) is 12.6 Å². The Bertz CT molecular complexity index is 439. The van der Waals surface area contributed by atoms with Crippen molar-refractivity contribution >= 4 is 0 Å². The molecule has 0 saturated heterocycles. The summed E-state index contributed by atoms with van der Waals surface area (Å²) in [7, 11) is 3.64. The maximum atomic E-state index is 6.11. The largest absolute Gasteiger partial charge is 0.481 e. The lowest BCUT2D eigenvalue weighted by molar-refractivity contribution is 0.184. The molecule has 1 fully saturated rings. The molecule has 1 aromatic heterocycles. The fraction of sp³-hybridized carbons (Fsp3) is 0.800. The van der Waals surface area contributed by atoms with Crippen molar-refractivity contribution in [2.45, 2.75) is 51.6 Å². The van der Waals surface area contributed by atoms with Crippen molar-refractivity contribution in [3.63, 3.8) is 0 Å². The third kappa shape index (κ3) is 2.99. The van der Waals surface area contributed by atoms with E-state index in [1.807, 2.05) is 18.7 Å². The Balaban J connectivity index is 2.29. The number of hydrogen-bond acceptors (Lipinski definition) is 4. The smallest absolute Gasteiger partial charge is 0.216 e. The molecule has 20 heavy (non-hydrogen) atoms. The van der Waals surface area contributed by atoms with Crippen molar-refractivity contribution in [1.29, 1.82) is 0 Å². The van der Waals surface area contributed by atoms with Crippen molar-refractivity contribution in [3.8, 4) is 5.88 Å². The molecule has 2 rings (SSSR count). The highest BCUT2D eigenvalue weighted by Crippen LogP contribution is 2.38. The number of ether oxygens (including phenoxy) is 1. The SMILES string of the molecule is CCCCN(C1CC1)C(CN)c1c(C)nn(C)c1OC. The zero-order valence-electron chi connectivity index (χ0n) is 13.2. The molecule has 0 aliphatic heterocycles. The van der Waals surface area contributed by atoms with Crippen LogP contribution in [0.5, 0.6) is 5.88 Å². The Morgan fingerprint density at radius 2 is 2.20 bits per heavy atom. The molecule has 5 heteroatoms. The van der Waals surface area contributed by atoms with Crippen LogP contribution in [-0.2, 0) is 7.05 Å². The summed E-state index contributed by atoms with van der Waals surface area (Å²) in [6.45, 7) is 6.01. The van der Waals surface area contributed by atoms with Crippen molar-refractivity contribution in [2.75, 3.05) is 20.2 Å². The molecule has 5 nitrogen and oxygen atoms in total. The molecule has 0 bridgehead atoms. The van der Waals surface area contributed by atoms with Crippen molar-refractivity contribution in [3.05, 3.63) is 11.3 Å². The van der Waals surface area contributed by atoms with Gasteiger partial charge in [0.2, 0.25) is 5.88 Å². The zero-order chi connectivity index (χ0) is 14.7. The van der Waals surface area contributed by atoms with Crippen LogP contribution in [0.3, 0.4) is 0 Å². The second kappa shape index (κ2) is 6.59. The quantitative estimate of drug-likeness (QED) is 0.791. The van der Waals surface area contributed by atoms with Gasteiger partial charge in [-0.25, -0.2) is 4.68 Å². The summed E-state index contributed by atoms with van der Waals surface area (Å²) in [5.74, 6) is 0.847. The lowest BCUT2D eigenvalue weighted by Crippen LogP contribution is -2.36. The Morgan fingerprint density at radius 1 is 1.50 bits per heavy atom. The third-order valence-corrected chi connectivity index (χ3v) is 4.15. The molecule has 0 spiro atoms. The van der Waals surface area contributed by atoms with Gasteiger partial charge in [0.05, 0.1) is 24.4 Å². The lowest BCUT2D eigenvalue weighted by Gasteiger charge is -2.31. The predicted molar refractivity (Wildman–Crippen MR) is 80.9 cm³/mol. The number of rotatable bonds is 8. The molecular formula is C15H28N4O. The molecule has 1 atom stereocenters. The van der Waals surface area contributed by atoms with Gasteiger partial charge in [-0.15, -0.1) is 0 Å². The molecule has 1 aliphatic carbocycles. The first-order chi connectivity index (χ1) is 9.63. The Hall–Kier alpha value is -1.07. The highest BCUT2D eigenvalue weighted by Gasteiger charge is 2.36. The number of aryl methyl sites for hydroxylation is 2. The second-order valence-electron chi connectivity index (χ2n) is 5.71. The van der Waals surface area contributed by atoms with Crippen LogP contribution in [-0.4, -0.2) is 40.9 Å². The predicted octanol–water partition coefficient (Wildman–Crippen LogP) is 2.00. The fourth-order valence-electron chi connectivity index (χ4n) is 3.04. The summed E-state index contributed by atoms with van der Waals surface area (Å²) in [6, 6.07) is 0.914. The number of aromatic nitrogens is 2. The van der Waals surface area contributed by atoms with Gasteiger partial charge in [0, 0.05) is 19.6 Å². The standard InChI is InChI=1S/C15H28N4O/c1-5-6-9-19(12-7-8-12)13(10-16)14-11(2)17-18(3)15(14)20-4/h12-13H,5-10,16H2,1-4H3. The van der Waals surface area contributed by atoms with Crippen LogP contribution in [0.15, 0.2) is 0 Å². The maximum Gasteiger partial charge on any atom is 0.216 e. The number of nitrogens with two attached hydrogens (primary N) is 1. The molecule has 1 aromatic rings. The van der Waals surface area contributed by atoms with Crippen LogP contribution in [0.4, 0.5) is 0 Å². The first-order valence-corrected chi connectivity index (χ1v) is 7.67. The van der Waals surface area contributed by atoms with Crippen LogP contribution in [0, 0.1) is 6.92 Å². The van der Waals surface area contributed by atoms with E-state index in [0.717, 1.165) is 18.1 Å². The second-order valence-corrected chi connectivity index (χ2v) is 5.71. The molecule has 0 amide bonds. The van der Waals surface area contributed by atoms with Gasteiger partial charge in [0.15, 0.2) is 0 Å².